The van der Waals surface area contributed by atoms with Gasteiger partial charge in [-0.1, -0.05) is 32.9 Å². The van der Waals surface area contributed by atoms with Gasteiger partial charge in [0.05, 0.1) is 11.2 Å². The lowest BCUT2D eigenvalue weighted by molar-refractivity contribution is 0.156. The second kappa shape index (κ2) is 5.27. The summed E-state index contributed by atoms with van der Waals surface area (Å²) in [4.78, 5) is 4.49. The second-order valence-corrected chi connectivity index (χ2v) is 6.98. The highest BCUT2D eigenvalue weighted by Crippen LogP contribution is 2.58. The van der Waals surface area contributed by atoms with Crippen LogP contribution in [-0.4, -0.2) is 11.2 Å². The summed E-state index contributed by atoms with van der Waals surface area (Å²) in [6.07, 6.45) is 6.50. The predicted molar refractivity (Wildman–Crippen MR) is 81.0 cm³/mol. The van der Waals surface area contributed by atoms with Crippen molar-refractivity contribution < 1.29 is 0 Å². The first kappa shape index (κ1) is 14.0. The Morgan fingerprint density at radius 1 is 1.44 bits per heavy atom. The third kappa shape index (κ3) is 2.33. The van der Waals surface area contributed by atoms with Crippen molar-refractivity contribution in [1.29, 1.82) is 0 Å². The highest BCUT2D eigenvalue weighted by molar-refractivity contribution is 7.78. The first-order chi connectivity index (χ1) is 8.49. The van der Waals surface area contributed by atoms with E-state index in [9.17, 15) is 0 Å². The van der Waals surface area contributed by atoms with Crippen molar-refractivity contribution in [2.75, 3.05) is 0 Å². The molecule has 0 saturated heterocycles. The van der Waals surface area contributed by atoms with Crippen LogP contribution in [0.5, 0.6) is 0 Å². The highest BCUT2D eigenvalue weighted by Gasteiger charge is 2.50. The van der Waals surface area contributed by atoms with Gasteiger partial charge >= 0.3 is 0 Å². The molecule has 0 aromatic rings. The van der Waals surface area contributed by atoms with Gasteiger partial charge in [0, 0.05) is 0 Å². The van der Waals surface area contributed by atoms with Gasteiger partial charge < -0.3 is 0 Å². The molecule has 0 N–H and O–H groups in total. The summed E-state index contributed by atoms with van der Waals surface area (Å²) in [6.45, 7) is 11.3. The van der Waals surface area contributed by atoms with Crippen LogP contribution in [0.15, 0.2) is 17.1 Å². The summed E-state index contributed by atoms with van der Waals surface area (Å²) >= 11 is 4.85. The lowest BCUT2D eigenvalue weighted by atomic mass is 9.64. The SMILES string of the molecule is C=C1CCC[C@@]2(C)CC[C@H]([C@@H](N=C=S)C(C)C)[C@@H]12. The summed E-state index contributed by atoms with van der Waals surface area (Å²) in [6, 6.07) is 0.337. The van der Waals surface area contributed by atoms with E-state index in [1.54, 1.807) is 0 Å². The first-order valence-electron chi connectivity index (χ1n) is 7.24. The van der Waals surface area contributed by atoms with E-state index in [4.69, 9.17) is 12.2 Å². The fourth-order valence-electron chi connectivity index (χ4n) is 4.45. The van der Waals surface area contributed by atoms with E-state index in [-0.39, 0.29) is 0 Å². The largest absolute Gasteiger partial charge is 0.229 e. The van der Waals surface area contributed by atoms with E-state index in [0.717, 1.165) is 0 Å². The summed E-state index contributed by atoms with van der Waals surface area (Å²) in [5, 5.41) is 2.63. The molecule has 0 aliphatic heterocycles. The standard InChI is InChI=1S/C16H25NS/c1-11(2)15(17-10-18)13-7-9-16(4)8-5-6-12(3)14(13)16/h11,13-15H,3,5-9H2,1-2,4H3/t13-,14+,15-,16-/m0/s1. The zero-order chi connectivity index (χ0) is 13.3. The average Bonchev–Trinajstić information content (AvgIpc) is 2.64. The lowest BCUT2D eigenvalue weighted by Gasteiger charge is -2.42. The van der Waals surface area contributed by atoms with Crippen molar-refractivity contribution in [3.8, 4) is 0 Å². The molecule has 2 aliphatic rings. The number of aliphatic imine (C=N–C) groups is 1. The third-order valence-electron chi connectivity index (χ3n) is 5.24. The van der Waals surface area contributed by atoms with Gasteiger partial charge in [0.15, 0.2) is 0 Å². The van der Waals surface area contributed by atoms with Crippen LogP contribution in [0.3, 0.4) is 0 Å². The maximum Gasteiger partial charge on any atom is 0.0659 e. The molecule has 0 aromatic carbocycles. The predicted octanol–water partition coefficient (Wildman–Crippen LogP) is 4.89. The fraction of sp³-hybridized carbons (Fsp3) is 0.812. The van der Waals surface area contributed by atoms with E-state index in [1.807, 2.05) is 0 Å². The smallest absolute Gasteiger partial charge is 0.0659 e. The minimum atomic E-state index is 0.337. The first-order valence-corrected chi connectivity index (χ1v) is 7.65. The number of fused-ring (bicyclic) bond motifs is 1. The molecule has 2 heteroatoms. The van der Waals surface area contributed by atoms with E-state index < -0.39 is 0 Å². The Kier molecular flexibility index (Phi) is 4.08. The minimum Gasteiger partial charge on any atom is -0.229 e. The molecule has 18 heavy (non-hydrogen) atoms. The Morgan fingerprint density at radius 2 is 2.17 bits per heavy atom. The molecule has 100 valence electrons. The molecule has 2 rings (SSSR count). The van der Waals surface area contributed by atoms with Crippen molar-refractivity contribution in [1.82, 2.24) is 0 Å². The molecule has 0 unspecified atom stereocenters. The molecule has 0 spiro atoms. The van der Waals surface area contributed by atoms with Gasteiger partial charge in [-0.3, -0.25) is 0 Å². The molecule has 4 atom stereocenters. The molecule has 0 radical (unpaired) electrons. The van der Waals surface area contributed by atoms with Gasteiger partial charge in [-0.05, 0) is 67.5 Å². The normalized spacial score (nSPS) is 37.2. The fourth-order valence-corrected chi connectivity index (χ4v) is 4.58. The summed E-state index contributed by atoms with van der Waals surface area (Å²) in [5.41, 5.74) is 1.95. The van der Waals surface area contributed by atoms with E-state index in [2.05, 4.69) is 37.5 Å². The second-order valence-electron chi connectivity index (χ2n) is 6.80. The zero-order valence-corrected chi connectivity index (χ0v) is 12.7. The third-order valence-corrected chi connectivity index (χ3v) is 5.34. The van der Waals surface area contributed by atoms with Gasteiger partial charge in [-0.15, -0.1) is 0 Å². The molecule has 0 amide bonds. The highest BCUT2D eigenvalue weighted by atomic mass is 32.1. The van der Waals surface area contributed by atoms with Gasteiger partial charge in [0.2, 0.25) is 0 Å². The van der Waals surface area contributed by atoms with Crippen molar-refractivity contribution in [3.05, 3.63) is 12.2 Å². The molecule has 2 aliphatic carbocycles. The molecule has 2 saturated carbocycles. The topological polar surface area (TPSA) is 12.4 Å². The zero-order valence-electron chi connectivity index (χ0n) is 11.9. The number of rotatable bonds is 3. The van der Waals surface area contributed by atoms with Gasteiger partial charge in [0.1, 0.15) is 0 Å². The van der Waals surface area contributed by atoms with Gasteiger partial charge in [-0.2, -0.15) is 0 Å². The number of hydrogen-bond acceptors (Lipinski definition) is 2. The van der Waals surface area contributed by atoms with Crippen LogP contribution < -0.4 is 0 Å². The maximum absolute atomic E-state index is 4.85. The van der Waals surface area contributed by atoms with Gasteiger partial charge in [0.25, 0.3) is 0 Å². The van der Waals surface area contributed by atoms with Crippen molar-refractivity contribution in [3.63, 3.8) is 0 Å². The minimum absolute atomic E-state index is 0.337. The Bertz CT molecular complexity index is 381. The molecular weight excluding hydrogens is 238 g/mol. The van der Waals surface area contributed by atoms with E-state index in [1.165, 1.54) is 37.7 Å². The number of nitrogens with zero attached hydrogens (tertiary/aromatic N) is 1. The lowest BCUT2D eigenvalue weighted by Crippen LogP contribution is -2.36. The number of thiocarbonyl (C=S) groups is 1. The van der Waals surface area contributed by atoms with Crippen molar-refractivity contribution in [2.24, 2.45) is 28.2 Å². The molecular formula is C16H25NS. The number of allylic oxidation sites excluding steroid dienone is 1. The van der Waals surface area contributed by atoms with Crippen molar-refractivity contribution in [2.45, 2.75) is 58.9 Å². The molecule has 0 bridgehead atoms. The molecule has 1 nitrogen and oxygen atoms in total. The summed E-state index contributed by atoms with van der Waals surface area (Å²) in [7, 11) is 0. The van der Waals surface area contributed by atoms with Crippen LogP contribution in [0, 0.1) is 23.2 Å². The Balaban J connectivity index is 2.29. The quantitative estimate of drug-likeness (QED) is 0.401. The Labute approximate surface area is 117 Å². The molecule has 0 aromatic heterocycles. The number of hydrogen-bond donors (Lipinski definition) is 0. The van der Waals surface area contributed by atoms with Crippen LogP contribution >= 0.6 is 12.2 Å². The van der Waals surface area contributed by atoms with Crippen molar-refractivity contribution >= 4 is 17.4 Å². The van der Waals surface area contributed by atoms with Crippen LogP contribution in [0.2, 0.25) is 0 Å². The monoisotopic (exact) mass is 263 g/mol. The van der Waals surface area contributed by atoms with Crippen LogP contribution in [0.1, 0.15) is 52.9 Å². The van der Waals surface area contributed by atoms with Crippen LogP contribution in [0.25, 0.3) is 0 Å². The maximum atomic E-state index is 4.85. The van der Waals surface area contributed by atoms with Gasteiger partial charge in [-0.25, -0.2) is 4.99 Å². The Morgan fingerprint density at radius 3 is 2.78 bits per heavy atom. The van der Waals surface area contributed by atoms with Crippen LogP contribution in [-0.2, 0) is 0 Å². The summed E-state index contributed by atoms with van der Waals surface area (Å²) in [5.74, 6) is 1.84. The van der Waals surface area contributed by atoms with Crippen LogP contribution in [0.4, 0.5) is 0 Å². The summed E-state index contributed by atoms with van der Waals surface area (Å²) < 4.78 is 0. The number of isothiocyanates is 1. The Hall–Kier alpha value is -0.460. The molecule has 0 heterocycles. The molecule has 2 fully saturated rings. The average molecular weight is 263 g/mol. The van der Waals surface area contributed by atoms with E-state index >= 15 is 0 Å². The van der Waals surface area contributed by atoms with E-state index in [0.29, 0.717) is 29.2 Å².